The monoisotopic (exact) mass is 395 g/mol. The van der Waals surface area contributed by atoms with E-state index in [-0.39, 0.29) is 28.3 Å². The van der Waals surface area contributed by atoms with E-state index < -0.39 is 27.5 Å². The zero-order chi connectivity index (χ0) is 19.1. The summed E-state index contributed by atoms with van der Waals surface area (Å²) >= 11 is 6.02. The maximum atomic E-state index is 13.0. The van der Waals surface area contributed by atoms with E-state index in [0.29, 0.717) is 10.9 Å². The molecule has 0 spiro atoms. The third kappa shape index (κ3) is 3.09. The quantitative estimate of drug-likeness (QED) is 0.572. The maximum absolute atomic E-state index is 13.0. The third-order valence-electron chi connectivity index (χ3n) is 3.93. The Morgan fingerprint density at radius 3 is 2.42 bits per heavy atom. The molecule has 9 heteroatoms. The molecule has 0 aliphatic rings. The first-order valence-electron chi connectivity index (χ1n) is 7.49. The second-order valence-corrected chi connectivity index (χ2v) is 7.83. The Balaban J connectivity index is 2.27. The normalized spacial score (nSPS) is 11.7. The van der Waals surface area contributed by atoms with Crippen LogP contribution in [-0.2, 0) is 21.2 Å². The molecule has 0 atom stereocenters. The number of aliphatic carboxylic acids is 1. The molecule has 136 valence electrons. The molecule has 0 radical (unpaired) electrons. The standard InChI is InChI=1S/C17H14ClNO6S/c18-12-3-1-2-4-16(12)26(24,25)19-9-10(5-6-17(22)23)11-7-14(20)15(21)8-13(11)19/h1-4,7-9,20-21H,5-6H2,(H,22,23). The number of aromatic nitrogens is 1. The van der Waals surface area contributed by atoms with Crippen molar-refractivity contribution < 1.29 is 28.5 Å². The molecule has 3 aromatic rings. The predicted octanol–water partition coefficient (Wildman–Crippen LogP) is 2.96. The van der Waals surface area contributed by atoms with Crippen molar-refractivity contribution in [2.45, 2.75) is 17.7 Å². The van der Waals surface area contributed by atoms with E-state index in [1.165, 1.54) is 30.5 Å². The Morgan fingerprint density at radius 2 is 1.77 bits per heavy atom. The van der Waals surface area contributed by atoms with Crippen LogP contribution in [0.1, 0.15) is 12.0 Å². The molecule has 3 rings (SSSR count). The van der Waals surface area contributed by atoms with E-state index in [1.54, 1.807) is 6.07 Å². The predicted molar refractivity (Wildman–Crippen MR) is 95.3 cm³/mol. The average Bonchev–Trinajstić information content (AvgIpc) is 2.92. The van der Waals surface area contributed by atoms with Crippen LogP contribution in [-0.4, -0.2) is 33.7 Å². The SMILES string of the molecule is O=C(O)CCc1cn(S(=O)(=O)c2ccccc2Cl)c2cc(O)c(O)cc12. The van der Waals surface area contributed by atoms with Gasteiger partial charge in [-0.1, -0.05) is 23.7 Å². The molecule has 26 heavy (non-hydrogen) atoms. The lowest BCUT2D eigenvalue weighted by Crippen LogP contribution is -2.12. The van der Waals surface area contributed by atoms with Gasteiger partial charge < -0.3 is 15.3 Å². The summed E-state index contributed by atoms with van der Waals surface area (Å²) in [6.07, 6.45) is 1.12. The largest absolute Gasteiger partial charge is 0.504 e. The van der Waals surface area contributed by atoms with Crippen LogP contribution in [0.4, 0.5) is 0 Å². The van der Waals surface area contributed by atoms with Gasteiger partial charge in [0.25, 0.3) is 10.0 Å². The highest BCUT2D eigenvalue weighted by Crippen LogP contribution is 2.36. The molecule has 0 aliphatic heterocycles. The molecule has 0 fully saturated rings. The van der Waals surface area contributed by atoms with Crippen LogP contribution >= 0.6 is 11.6 Å². The first-order valence-corrected chi connectivity index (χ1v) is 9.31. The van der Waals surface area contributed by atoms with Gasteiger partial charge in [0.05, 0.1) is 10.5 Å². The number of halogens is 1. The number of carboxylic acid groups (broad SMARTS) is 1. The number of carbonyl (C=O) groups is 1. The lowest BCUT2D eigenvalue weighted by atomic mass is 10.1. The van der Waals surface area contributed by atoms with E-state index in [2.05, 4.69) is 0 Å². The van der Waals surface area contributed by atoms with Gasteiger partial charge in [0.1, 0.15) is 4.90 Å². The minimum Gasteiger partial charge on any atom is -0.504 e. The van der Waals surface area contributed by atoms with Gasteiger partial charge in [-0.3, -0.25) is 4.79 Å². The number of hydrogen-bond donors (Lipinski definition) is 3. The molecule has 0 bridgehead atoms. The van der Waals surface area contributed by atoms with Crippen LogP contribution in [0.15, 0.2) is 47.5 Å². The fourth-order valence-electron chi connectivity index (χ4n) is 2.69. The zero-order valence-electron chi connectivity index (χ0n) is 13.3. The minimum atomic E-state index is -4.10. The number of nitrogens with zero attached hydrogens (tertiary/aromatic N) is 1. The van der Waals surface area contributed by atoms with Gasteiger partial charge in [0, 0.05) is 24.1 Å². The molecule has 2 aromatic carbocycles. The molecule has 0 saturated heterocycles. The van der Waals surface area contributed by atoms with E-state index in [0.717, 1.165) is 10.0 Å². The van der Waals surface area contributed by atoms with Gasteiger partial charge in [-0.2, -0.15) is 0 Å². The Kier molecular flexibility index (Phi) is 4.55. The topological polar surface area (TPSA) is 117 Å². The summed E-state index contributed by atoms with van der Waals surface area (Å²) in [6, 6.07) is 8.23. The number of fused-ring (bicyclic) bond motifs is 1. The lowest BCUT2D eigenvalue weighted by molar-refractivity contribution is -0.136. The van der Waals surface area contributed by atoms with Crippen molar-refractivity contribution >= 4 is 38.5 Å². The van der Waals surface area contributed by atoms with Crippen molar-refractivity contribution in [1.82, 2.24) is 3.97 Å². The summed E-state index contributed by atoms with van der Waals surface area (Å²) in [7, 11) is -4.10. The fraction of sp³-hybridized carbons (Fsp3) is 0.118. The number of benzene rings is 2. The number of phenols is 2. The van der Waals surface area contributed by atoms with Crippen LogP contribution in [0.2, 0.25) is 5.02 Å². The highest BCUT2D eigenvalue weighted by molar-refractivity contribution is 7.90. The van der Waals surface area contributed by atoms with Crippen molar-refractivity contribution in [1.29, 1.82) is 0 Å². The summed E-state index contributed by atoms with van der Waals surface area (Å²) in [4.78, 5) is 10.7. The van der Waals surface area contributed by atoms with Crippen LogP contribution in [0.25, 0.3) is 10.9 Å². The first kappa shape index (κ1) is 18.1. The van der Waals surface area contributed by atoms with Gasteiger partial charge in [-0.15, -0.1) is 0 Å². The number of rotatable bonds is 5. The van der Waals surface area contributed by atoms with Crippen molar-refractivity contribution in [3.8, 4) is 11.5 Å². The van der Waals surface area contributed by atoms with Gasteiger partial charge in [-0.05, 0) is 30.2 Å². The number of phenolic OH excluding ortho intramolecular Hbond substituents is 2. The minimum absolute atomic E-state index is 0.0319. The van der Waals surface area contributed by atoms with Gasteiger partial charge >= 0.3 is 5.97 Å². The Morgan fingerprint density at radius 1 is 1.12 bits per heavy atom. The van der Waals surface area contributed by atoms with Crippen LogP contribution in [0.3, 0.4) is 0 Å². The molecule has 1 aromatic heterocycles. The smallest absolute Gasteiger partial charge is 0.303 e. The fourth-order valence-corrected chi connectivity index (χ4v) is 4.57. The maximum Gasteiger partial charge on any atom is 0.303 e. The molecule has 0 amide bonds. The summed E-state index contributed by atoms with van der Waals surface area (Å²) in [6.45, 7) is 0. The summed E-state index contributed by atoms with van der Waals surface area (Å²) in [5.41, 5.74) is 0.522. The van der Waals surface area contributed by atoms with E-state index in [4.69, 9.17) is 16.7 Å². The Hall–Kier alpha value is -2.71. The van der Waals surface area contributed by atoms with Crippen molar-refractivity contribution in [2.24, 2.45) is 0 Å². The molecule has 0 aliphatic carbocycles. The van der Waals surface area contributed by atoms with Crippen LogP contribution < -0.4 is 0 Å². The van der Waals surface area contributed by atoms with Crippen molar-refractivity contribution in [2.75, 3.05) is 0 Å². The van der Waals surface area contributed by atoms with Crippen LogP contribution in [0, 0.1) is 0 Å². The molecule has 3 N–H and O–H groups in total. The molecular weight excluding hydrogens is 382 g/mol. The Bertz CT molecular complexity index is 1120. The molecule has 0 unspecified atom stereocenters. The number of hydrogen-bond acceptors (Lipinski definition) is 5. The summed E-state index contributed by atoms with van der Waals surface area (Å²) < 4.78 is 27.0. The van der Waals surface area contributed by atoms with Crippen LogP contribution in [0.5, 0.6) is 11.5 Å². The zero-order valence-corrected chi connectivity index (χ0v) is 14.8. The van der Waals surface area contributed by atoms with E-state index in [9.17, 15) is 23.4 Å². The van der Waals surface area contributed by atoms with Gasteiger partial charge in [0.2, 0.25) is 0 Å². The first-order chi connectivity index (χ1) is 12.2. The number of carboxylic acids is 1. The summed E-state index contributed by atoms with van der Waals surface area (Å²) in [5.74, 6) is -1.96. The van der Waals surface area contributed by atoms with Crippen molar-refractivity contribution in [3.05, 3.63) is 53.2 Å². The highest BCUT2D eigenvalue weighted by atomic mass is 35.5. The molecule has 1 heterocycles. The number of aryl methyl sites for hydroxylation is 1. The molecule has 7 nitrogen and oxygen atoms in total. The Labute approximate surface area is 153 Å². The molecule has 0 saturated carbocycles. The average molecular weight is 396 g/mol. The second-order valence-electron chi connectivity index (χ2n) is 5.64. The van der Waals surface area contributed by atoms with Gasteiger partial charge in [0.15, 0.2) is 11.5 Å². The summed E-state index contributed by atoms with van der Waals surface area (Å²) in [5, 5.41) is 28.8. The second kappa shape index (κ2) is 6.54. The lowest BCUT2D eigenvalue weighted by Gasteiger charge is -2.09. The van der Waals surface area contributed by atoms with Gasteiger partial charge in [-0.25, -0.2) is 12.4 Å². The molecular formula is C17H14ClNO6S. The van der Waals surface area contributed by atoms with E-state index in [1.807, 2.05) is 0 Å². The third-order valence-corrected chi connectivity index (χ3v) is 6.10. The number of aromatic hydroxyl groups is 2. The van der Waals surface area contributed by atoms with E-state index >= 15 is 0 Å². The highest BCUT2D eigenvalue weighted by Gasteiger charge is 2.24. The van der Waals surface area contributed by atoms with Crippen molar-refractivity contribution in [3.63, 3.8) is 0 Å².